The number of benzene rings is 2. The molecule has 2 aliphatic rings. The molecule has 2 saturated heterocycles. The molecule has 2 aromatic carbocycles. The van der Waals surface area contributed by atoms with Gasteiger partial charge in [0, 0.05) is 23.5 Å². The zero-order chi connectivity index (χ0) is 21.5. The highest BCUT2D eigenvalue weighted by Crippen LogP contribution is 2.38. The van der Waals surface area contributed by atoms with E-state index in [-0.39, 0.29) is 21.8 Å². The van der Waals surface area contributed by atoms with Gasteiger partial charge < -0.3 is 20.1 Å². The first kappa shape index (κ1) is 20.5. The second-order valence-electron chi connectivity index (χ2n) is 7.94. The molecule has 0 saturated carbocycles. The molecule has 0 amide bonds. The number of rotatable bonds is 5. The van der Waals surface area contributed by atoms with Crippen molar-refractivity contribution in [2.45, 2.75) is 43.9 Å². The SMILES string of the molecule is COc1cc2ncnc(Nc3ccc(Cl)c(Cl)c3F)c2cc1OC1C[C@H]2CC[C@@H](C1)N2. The molecule has 2 bridgehead atoms. The number of anilines is 2. The van der Waals surface area contributed by atoms with Crippen LogP contribution in [-0.2, 0) is 0 Å². The van der Waals surface area contributed by atoms with Gasteiger partial charge in [-0.15, -0.1) is 0 Å². The van der Waals surface area contributed by atoms with E-state index in [9.17, 15) is 4.39 Å². The highest BCUT2D eigenvalue weighted by molar-refractivity contribution is 6.42. The Morgan fingerprint density at radius 2 is 1.87 bits per heavy atom. The molecular formula is C22H21Cl2FN4O2. The number of nitrogens with zero attached hydrogens (tertiary/aromatic N) is 2. The molecule has 162 valence electrons. The molecule has 31 heavy (non-hydrogen) atoms. The Hall–Kier alpha value is -2.35. The highest BCUT2D eigenvalue weighted by Gasteiger charge is 2.35. The van der Waals surface area contributed by atoms with Crippen LogP contribution in [0.3, 0.4) is 0 Å². The monoisotopic (exact) mass is 462 g/mol. The van der Waals surface area contributed by atoms with Crippen LogP contribution in [0.1, 0.15) is 25.7 Å². The lowest BCUT2D eigenvalue weighted by atomic mass is 10.0. The summed E-state index contributed by atoms with van der Waals surface area (Å²) in [5.41, 5.74) is 0.815. The Morgan fingerprint density at radius 1 is 1.10 bits per heavy atom. The third-order valence-corrected chi connectivity index (χ3v) is 6.71. The normalized spacial score (nSPS) is 22.5. The van der Waals surface area contributed by atoms with Crippen LogP contribution in [0.15, 0.2) is 30.6 Å². The van der Waals surface area contributed by atoms with Crippen LogP contribution in [-0.4, -0.2) is 35.3 Å². The zero-order valence-corrected chi connectivity index (χ0v) is 18.3. The second-order valence-corrected chi connectivity index (χ2v) is 8.72. The van der Waals surface area contributed by atoms with Crippen LogP contribution in [0, 0.1) is 5.82 Å². The summed E-state index contributed by atoms with van der Waals surface area (Å²) in [5.74, 6) is 1.01. The van der Waals surface area contributed by atoms with Gasteiger partial charge in [0.25, 0.3) is 0 Å². The summed E-state index contributed by atoms with van der Waals surface area (Å²) in [4.78, 5) is 8.63. The van der Waals surface area contributed by atoms with Crippen molar-refractivity contribution in [3.8, 4) is 11.5 Å². The predicted octanol–water partition coefficient (Wildman–Crippen LogP) is 5.49. The largest absolute Gasteiger partial charge is 0.493 e. The fourth-order valence-corrected chi connectivity index (χ4v) is 4.76. The van der Waals surface area contributed by atoms with Crippen molar-refractivity contribution in [1.29, 1.82) is 0 Å². The lowest BCUT2D eigenvalue weighted by Gasteiger charge is -2.30. The van der Waals surface area contributed by atoms with E-state index in [1.165, 1.54) is 31.3 Å². The first-order valence-corrected chi connectivity index (χ1v) is 10.9. The summed E-state index contributed by atoms with van der Waals surface area (Å²) in [6.07, 6.45) is 5.82. The van der Waals surface area contributed by atoms with Crippen LogP contribution < -0.4 is 20.1 Å². The maximum Gasteiger partial charge on any atom is 0.166 e. The van der Waals surface area contributed by atoms with Crippen LogP contribution >= 0.6 is 23.2 Å². The fraction of sp³-hybridized carbons (Fsp3) is 0.364. The number of fused-ring (bicyclic) bond motifs is 3. The average molecular weight is 463 g/mol. The molecule has 1 unspecified atom stereocenters. The van der Waals surface area contributed by atoms with Crippen LogP contribution in [0.25, 0.3) is 10.9 Å². The number of piperidine rings is 1. The molecule has 0 spiro atoms. The van der Waals surface area contributed by atoms with E-state index in [1.54, 1.807) is 13.2 Å². The van der Waals surface area contributed by atoms with Crippen molar-refractivity contribution in [2.75, 3.05) is 12.4 Å². The highest BCUT2D eigenvalue weighted by atomic mass is 35.5. The third-order valence-electron chi connectivity index (χ3n) is 5.93. The topological polar surface area (TPSA) is 68.3 Å². The number of halogens is 3. The Morgan fingerprint density at radius 3 is 2.61 bits per heavy atom. The predicted molar refractivity (Wildman–Crippen MR) is 119 cm³/mol. The van der Waals surface area contributed by atoms with Crippen LogP contribution in [0.5, 0.6) is 11.5 Å². The van der Waals surface area contributed by atoms with E-state index in [0.717, 1.165) is 12.8 Å². The zero-order valence-electron chi connectivity index (χ0n) is 16.8. The van der Waals surface area contributed by atoms with Crippen molar-refractivity contribution in [3.63, 3.8) is 0 Å². The van der Waals surface area contributed by atoms with Crippen LogP contribution in [0.2, 0.25) is 10.0 Å². The maximum atomic E-state index is 14.6. The van der Waals surface area contributed by atoms with E-state index < -0.39 is 5.82 Å². The van der Waals surface area contributed by atoms with Gasteiger partial charge in [0.1, 0.15) is 18.2 Å². The van der Waals surface area contributed by atoms with Gasteiger partial charge in [0.05, 0.1) is 28.4 Å². The van der Waals surface area contributed by atoms with E-state index in [1.807, 2.05) is 6.07 Å². The molecule has 3 heterocycles. The summed E-state index contributed by atoms with van der Waals surface area (Å²) in [6.45, 7) is 0. The first-order chi connectivity index (χ1) is 15.0. The third kappa shape index (κ3) is 3.97. The minimum atomic E-state index is -0.643. The molecule has 6 nitrogen and oxygen atoms in total. The van der Waals surface area contributed by atoms with E-state index in [2.05, 4.69) is 20.6 Å². The molecule has 2 aliphatic heterocycles. The molecule has 2 N–H and O–H groups in total. The van der Waals surface area contributed by atoms with Gasteiger partial charge in [-0.3, -0.25) is 0 Å². The second kappa shape index (κ2) is 8.30. The number of nitrogens with one attached hydrogen (secondary N) is 2. The first-order valence-electron chi connectivity index (χ1n) is 10.2. The number of methoxy groups -OCH3 is 1. The summed E-state index contributed by atoms with van der Waals surface area (Å²) in [6, 6.07) is 7.71. The van der Waals surface area contributed by atoms with Crippen molar-refractivity contribution in [1.82, 2.24) is 15.3 Å². The van der Waals surface area contributed by atoms with Crippen molar-refractivity contribution in [2.24, 2.45) is 0 Å². The summed E-state index contributed by atoms with van der Waals surface area (Å²) in [5, 5.41) is 7.30. The van der Waals surface area contributed by atoms with E-state index in [4.69, 9.17) is 32.7 Å². The summed E-state index contributed by atoms with van der Waals surface area (Å²) in [7, 11) is 1.60. The van der Waals surface area contributed by atoms with E-state index >= 15 is 0 Å². The van der Waals surface area contributed by atoms with Crippen LogP contribution in [0.4, 0.5) is 15.9 Å². The van der Waals surface area contributed by atoms with Gasteiger partial charge >= 0.3 is 0 Å². The van der Waals surface area contributed by atoms with Gasteiger partial charge in [-0.2, -0.15) is 0 Å². The molecule has 3 atom stereocenters. The number of hydrogen-bond acceptors (Lipinski definition) is 6. The molecule has 0 aliphatic carbocycles. The maximum absolute atomic E-state index is 14.6. The molecule has 1 aromatic heterocycles. The van der Waals surface area contributed by atoms with Gasteiger partial charge in [0.2, 0.25) is 0 Å². The minimum absolute atomic E-state index is 0.110. The summed E-state index contributed by atoms with van der Waals surface area (Å²) >= 11 is 11.8. The van der Waals surface area contributed by atoms with E-state index in [0.29, 0.717) is 40.3 Å². The van der Waals surface area contributed by atoms with Gasteiger partial charge in [0.15, 0.2) is 17.3 Å². The Bertz CT molecular complexity index is 1130. The van der Waals surface area contributed by atoms with Gasteiger partial charge in [-0.25, -0.2) is 14.4 Å². The molecule has 3 aromatic rings. The quantitative estimate of drug-likeness (QED) is 0.488. The summed E-state index contributed by atoms with van der Waals surface area (Å²) < 4.78 is 26.5. The molecule has 5 rings (SSSR count). The lowest BCUT2D eigenvalue weighted by Crippen LogP contribution is -2.42. The molecular weight excluding hydrogens is 442 g/mol. The molecule has 2 fully saturated rings. The van der Waals surface area contributed by atoms with Crippen molar-refractivity contribution < 1.29 is 13.9 Å². The number of aromatic nitrogens is 2. The smallest absolute Gasteiger partial charge is 0.166 e. The number of hydrogen-bond donors (Lipinski definition) is 2. The number of ether oxygens (including phenoxy) is 2. The minimum Gasteiger partial charge on any atom is -0.493 e. The lowest BCUT2D eigenvalue weighted by molar-refractivity contribution is 0.133. The molecule has 0 radical (unpaired) electrons. The Balaban J connectivity index is 1.50. The standard InChI is InChI=1S/C22H21Cl2FN4O2/c1-30-18-9-17-14(8-19(18)31-13-6-11-2-3-12(7-13)28-11)22(27-10-26-17)29-16-5-4-15(23)20(24)21(16)25/h4-5,8-13,28H,2-3,6-7H2,1H3,(H,26,27,29)/t11-,12+,13?. The van der Waals surface area contributed by atoms with Crippen molar-refractivity contribution >= 4 is 45.6 Å². The average Bonchev–Trinajstić information content (AvgIpc) is 3.12. The van der Waals surface area contributed by atoms with Crippen molar-refractivity contribution in [3.05, 3.63) is 46.5 Å². The van der Waals surface area contributed by atoms with Gasteiger partial charge in [-0.1, -0.05) is 23.2 Å². The van der Waals surface area contributed by atoms with Gasteiger partial charge in [-0.05, 0) is 43.9 Å². The molecule has 9 heteroatoms. The Kier molecular flexibility index (Phi) is 5.50. The fourth-order valence-electron chi connectivity index (χ4n) is 4.45. The Labute approximate surface area is 189 Å².